The van der Waals surface area contributed by atoms with Crippen molar-refractivity contribution in [2.45, 2.75) is 0 Å². The first-order valence-electron chi connectivity index (χ1n) is 3.65. The molecule has 34 heteroatoms. The van der Waals surface area contributed by atoms with Gasteiger partial charge in [0.2, 0.25) is 0 Å². The van der Waals surface area contributed by atoms with Crippen molar-refractivity contribution in [2.24, 2.45) is 0 Å². The number of hydrogen-bond acceptors (Lipinski definition) is 20. The molecule has 0 aliphatic heterocycles. The monoisotopic (exact) mass is 855 g/mol. The van der Waals surface area contributed by atoms with E-state index in [-0.39, 0.29) is 260 Å². The largest absolute Gasteiger partial charge is 2.00 e. The third-order valence-corrected chi connectivity index (χ3v) is 0. The molecule has 0 N–H and O–H groups in total. The molecule has 0 rings (SSSR count). The van der Waals surface area contributed by atoms with Crippen molar-refractivity contribution in [3.8, 4) is 0 Å². The summed E-state index contributed by atoms with van der Waals surface area (Å²) in [5, 5.41) is 0. The average molecular weight is 860 g/mol. The van der Waals surface area contributed by atoms with E-state index in [9.17, 15) is 0 Å². The predicted molar refractivity (Wildman–Crippen MR) is 55.3 cm³/mol. The number of rotatable bonds is 0. The zero-order valence-electron chi connectivity index (χ0n) is 17.6. The van der Waals surface area contributed by atoms with Crippen LogP contribution in [0.5, 0.6) is 0 Å². The first kappa shape index (κ1) is 90.2. The van der Waals surface area contributed by atoms with E-state index in [4.69, 9.17) is 96.2 Å². The Bertz CT molecular complexity index is 408. The number of phosphoric acid groups is 5. The zero-order valence-corrected chi connectivity index (χ0v) is 43.6. The Balaban J connectivity index is -0.0000000115. The minimum Gasteiger partial charge on any atom is -0.822 e. The minimum atomic E-state index is -5.39. The first-order valence-corrected chi connectivity index (χ1v) is 11.0. The molecule has 0 aromatic carbocycles. The quantitative estimate of drug-likeness (QED) is 0.161. The van der Waals surface area contributed by atoms with Crippen molar-refractivity contribution in [2.75, 3.05) is 0 Å². The van der Waals surface area contributed by atoms with Gasteiger partial charge in [0.1, 0.15) is 0 Å². The van der Waals surface area contributed by atoms with Crippen LogP contribution in [-0.2, 0) is 81.3 Å². The Morgan fingerprint density at radius 2 is 0.265 bits per heavy atom. The van der Waals surface area contributed by atoms with Crippen molar-refractivity contribution in [3.63, 3.8) is 0 Å². The maximum atomic E-state index is 8.55. The summed E-state index contributed by atoms with van der Waals surface area (Å²) in [6.45, 7) is 0. The Hall–Kier alpha value is 9.20. The van der Waals surface area contributed by atoms with Gasteiger partial charge in [-0.15, -0.1) is 0 Å². The molecule has 0 spiro atoms. The topological polar surface area (TPSA) is 431 Å². The summed E-state index contributed by atoms with van der Waals surface area (Å²) in [5.41, 5.74) is 0. The standard InChI is InChI=1S/3Ca.3Na.5H3O4P.3Zn/c;;;;;;5*1-5(2,3)4;;;/h;;;;;;5*(H3,1,2,3,4);;;/q3*+2;3*+1;;;;;;3*+2/p-15. The summed E-state index contributed by atoms with van der Waals surface area (Å²) < 4.78 is 42.7. The second-order valence-corrected chi connectivity index (χ2v) is 6.71. The Labute approximate surface area is 386 Å². The molecular formula is Ca3Na3O20P5Zn3. The summed E-state index contributed by atoms with van der Waals surface area (Å²) >= 11 is 0. The van der Waals surface area contributed by atoms with Crippen LogP contribution in [0.4, 0.5) is 0 Å². The Kier molecular flexibility index (Phi) is 124. The molecule has 20 nitrogen and oxygen atoms in total. The molecule has 0 heterocycles. The second-order valence-electron chi connectivity index (χ2n) is 2.24. The fourth-order valence-electron chi connectivity index (χ4n) is 0. The first-order chi connectivity index (χ1) is 10.0. The van der Waals surface area contributed by atoms with Crippen LogP contribution >= 0.6 is 39.1 Å². The van der Waals surface area contributed by atoms with Crippen LogP contribution in [0.15, 0.2) is 0 Å². The fourth-order valence-corrected chi connectivity index (χ4v) is 0. The van der Waals surface area contributed by atoms with E-state index in [2.05, 4.69) is 0 Å². The molecule has 0 atom stereocenters. The van der Waals surface area contributed by atoms with Gasteiger partial charge in [0, 0.05) is 0 Å². The van der Waals surface area contributed by atoms with E-state index in [0.717, 1.165) is 0 Å². The number of hydrogen-bond donors (Lipinski definition) is 0. The molecule has 0 bridgehead atoms. The van der Waals surface area contributed by atoms with Gasteiger partial charge in [-0.1, -0.05) is 0 Å². The molecule has 0 unspecified atom stereocenters. The molecule has 0 aromatic rings. The molecule has 0 saturated heterocycles. The van der Waals surface area contributed by atoms with E-state index in [1.807, 2.05) is 0 Å². The molecule has 0 radical (unpaired) electrons. The third-order valence-electron chi connectivity index (χ3n) is 0. The Morgan fingerprint density at radius 3 is 0.265 bits per heavy atom. The van der Waals surface area contributed by atoms with Crippen molar-refractivity contribution in [1.82, 2.24) is 0 Å². The van der Waals surface area contributed by atoms with Crippen LogP contribution in [0, 0.1) is 0 Å². The molecular weight excluding hydrogens is 860 g/mol. The van der Waals surface area contributed by atoms with Crippen LogP contribution in [0.25, 0.3) is 0 Å². The van der Waals surface area contributed by atoms with Crippen LogP contribution < -0.4 is 162 Å². The smallest absolute Gasteiger partial charge is 0.822 e. The molecule has 0 aromatic heterocycles. The minimum absolute atomic E-state index is 0. The Morgan fingerprint density at radius 1 is 0.265 bits per heavy atom. The van der Waals surface area contributed by atoms with E-state index >= 15 is 0 Å². The maximum absolute atomic E-state index is 8.55. The van der Waals surface area contributed by atoms with Gasteiger partial charge in [-0.05, 0) is 0 Å². The SMILES string of the molecule is O=P([O-])([O-])[O-].O=P([O-])([O-])[O-].O=P([O-])([O-])[O-].O=P([O-])([O-])[O-].O=P([O-])([O-])[O-].[Ca+2].[Ca+2].[Ca+2].[Na+].[Na+].[Na+].[Zn+2].[Zn+2].[Zn+2]. The summed E-state index contributed by atoms with van der Waals surface area (Å²) in [6, 6.07) is 0. The summed E-state index contributed by atoms with van der Waals surface area (Å²) in [5.74, 6) is 0. The van der Waals surface area contributed by atoms with E-state index < -0.39 is 39.1 Å². The molecule has 0 aliphatic carbocycles. The predicted octanol–water partition coefficient (Wildman–Crippen LogP) is -24.3. The van der Waals surface area contributed by atoms with Crippen molar-refractivity contribution in [1.29, 1.82) is 0 Å². The van der Waals surface area contributed by atoms with E-state index in [1.54, 1.807) is 0 Å². The summed E-state index contributed by atoms with van der Waals surface area (Å²) in [4.78, 5) is 128. The third kappa shape index (κ3) is 787. The maximum Gasteiger partial charge on any atom is 2.00 e. The van der Waals surface area contributed by atoms with Gasteiger partial charge < -0.3 is 96.2 Å². The molecule has 0 saturated carbocycles. The van der Waals surface area contributed by atoms with Gasteiger partial charge in [-0.3, -0.25) is 0 Å². The van der Waals surface area contributed by atoms with Gasteiger partial charge in [0.25, 0.3) is 0 Å². The van der Waals surface area contributed by atoms with Crippen molar-refractivity contribution < 1.29 is 243 Å². The van der Waals surface area contributed by atoms with Gasteiger partial charge in [-0.2, -0.15) is 39.1 Å². The molecule has 34 heavy (non-hydrogen) atoms. The van der Waals surface area contributed by atoms with Crippen LogP contribution in [-0.4, -0.2) is 113 Å². The van der Waals surface area contributed by atoms with E-state index in [1.165, 1.54) is 0 Å². The van der Waals surface area contributed by atoms with Crippen LogP contribution in [0.1, 0.15) is 0 Å². The van der Waals surface area contributed by atoms with Gasteiger partial charge in [-0.25, -0.2) is 0 Å². The van der Waals surface area contributed by atoms with Crippen LogP contribution in [0.3, 0.4) is 0 Å². The molecule has 0 aliphatic rings. The van der Waals surface area contributed by atoms with E-state index in [0.29, 0.717) is 0 Å². The van der Waals surface area contributed by atoms with Crippen molar-refractivity contribution in [3.05, 3.63) is 0 Å². The second kappa shape index (κ2) is 46.6. The summed E-state index contributed by atoms with van der Waals surface area (Å²) in [6.07, 6.45) is 0. The average Bonchev–Trinajstić information content (AvgIpc) is 1.79. The van der Waals surface area contributed by atoms with Crippen LogP contribution in [0.2, 0.25) is 0 Å². The molecule has 160 valence electrons. The van der Waals surface area contributed by atoms with Gasteiger partial charge >= 0.3 is 260 Å². The van der Waals surface area contributed by atoms with Gasteiger partial charge in [0.05, 0.1) is 0 Å². The van der Waals surface area contributed by atoms with Crippen molar-refractivity contribution >= 4 is 152 Å². The fraction of sp³-hybridized carbons (Fsp3) is 0. The van der Waals surface area contributed by atoms with Gasteiger partial charge in [0.15, 0.2) is 0 Å². The summed E-state index contributed by atoms with van der Waals surface area (Å²) in [7, 11) is -26.9. The molecule has 0 fully saturated rings. The normalized spacial score (nSPS) is 8.68. The molecule has 0 amide bonds. The zero-order chi connectivity index (χ0) is 22.5.